The highest BCUT2D eigenvalue weighted by molar-refractivity contribution is 7.46. The van der Waals surface area contributed by atoms with E-state index in [9.17, 15) is 19.6 Å². The third kappa shape index (κ3) is 4.31. The molecule has 1 saturated heterocycles. The van der Waals surface area contributed by atoms with E-state index < -0.39 is 44.5 Å². The molecule has 0 radical (unpaired) electrons. The van der Waals surface area contributed by atoms with E-state index in [1.807, 2.05) is 17.5 Å². The monoisotopic (exact) mass is 459 g/mol. The van der Waals surface area contributed by atoms with Crippen LogP contribution in [0.25, 0.3) is 11.2 Å². The van der Waals surface area contributed by atoms with Crippen molar-refractivity contribution in [3.05, 3.63) is 39.1 Å². The van der Waals surface area contributed by atoms with Crippen LogP contribution in [-0.4, -0.2) is 64.4 Å². The number of thiophene rings is 1. The molecule has 1 aliphatic rings. The fraction of sp³-hybridized carbons (Fsp3) is 0.400. The summed E-state index contributed by atoms with van der Waals surface area (Å²) in [5.41, 5.74) is -0.418. The Morgan fingerprint density at radius 2 is 2.17 bits per heavy atom. The Morgan fingerprint density at radius 1 is 1.37 bits per heavy atom. The van der Waals surface area contributed by atoms with Crippen molar-refractivity contribution in [2.75, 3.05) is 11.9 Å². The Kier molecular flexibility index (Phi) is 5.74. The molecular weight excluding hydrogens is 441 g/mol. The molecule has 162 valence electrons. The highest BCUT2D eigenvalue weighted by atomic mass is 32.1. The van der Waals surface area contributed by atoms with Crippen molar-refractivity contribution in [3.63, 3.8) is 0 Å². The van der Waals surface area contributed by atoms with Gasteiger partial charge < -0.3 is 30.1 Å². The minimum atomic E-state index is -4.78. The summed E-state index contributed by atoms with van der Waals surface area (Å²) in [6.45, 7) is -0.212. The van der Waals surface area contributed by atoms with Crippen molar-refractivity contribution in [1.29, 1.82) is 0 Å². The maximum Gasteiger partial charge on any atom is 0.469 e. The highest BCUT2D eigenvalue weighted by Crippen LogP contribution is 2.38. The van der Waals surface area contributed by atoms with Crippen LogP contribution in [0.3, 0.4) is 0 Å². The van der Waals surface area contributed by atoms with E-state index in [0.717, 1.165) is 4.88 Å². The first-order chi connectivity index (χ1) is 14.2. The van der Waals surface area contributed by atoms with Gasteiger partial charge in [0.25, 0.3) is 5.56 Å². The largest absolute Gasteiger partial charge is 0.469 e. The van der Waals surface area contributed by atoms with Crippen LogP contribution in [0.5, 0.6) is 0 Å². The molecule has 13 nitrogen and oxygen atoms in total. The van der Waals surface area contributed by atoms with Gasteiger partial charge in [-0.15, -0.1) is 11.3 Å². The SMILES string of the molecule is O=c1[nH]c(NCc2cccs2)nc2c1ncn2[C@@H]1O[C@H](COP(=O)(O)O)[C@@H](O)[C@H]1O. The number of phosphoric acid groups is 1. The maximum absolute atomic E-state index is 12.3. The molecule has 0 bridgehead atoms. The summed E-state index contributed by atoms with van der Waals surface area (Å²) in [5.74, 6) is 0.178. The topological polar surface area (TPSA) is 192 Å². The molecule has 0 unspecified atom stereocenters. The summed E-state index contributed by atoms with van der Waals surface area (Å²) < 4.78 is 22.0. The van der Waals surface area contributed by atoms with Gasteiger partial charge in [0.2, 0.25) is 5.95 Å². The molecule has 0 spiro atoms. The summed E-state index contributed by atoms with van der Waals surface area (Å²) in [7, 11) is -4.78. The number of aliphatic hydroxyl groups is 2. The minimum absolute atomic E-state index is 0.00289. The van der Waals surface area contributed by atoms with E-state index in [-0.39, 0.29) is 17.1 Å². The van der Waals surface area contributed by atoms with Gasteiger partial charge in [0, 0.05) is 4.88 Å². The van der Waals surface area contributed by atoms with Crippen LogP contribution in [0.2, 0.25) is 0 Å². The van der Waals surface area contributed by atoms with Gasteiger partial charge in [0.15, 0.2) is 17.4 Å². The van der Waals surface area contributed by atoms with E-state index in [2.05, 4.69) is 24.8 Å². The first-order valence-corrected chi connectivity index (χ1v) is 11.1. The minimum Gasteiger partial charge on any atom is -0.387 e. The second kappa shape index (κ2) is 8.17. The van der Waals surface area contributed by atoms with Crippen LogP contribution in [0.1, 0.15) is 11.1 Å². The summed E-state index contributed by atoms with van der Waals surface area (Å²) in [5, 5.41) is 25.4. The number of phosphoric ester groups is 1. The van der Waals surface area contributed by atoms with Gasteiger partial charge in [-0.05, 0) is 11.4 Å². The molecule has 3 aromatic heterocycles. The van der Waals surface area contributed by atoms with E-state index in [4.69, 9.17) is 14.5 Å². The maximum atomic E-state index is 12.3. The number of fused-ring (bicyclic) bond motifs is 1. The van der Waals surface area contributed by atoms with Gasteiger partial charge in [0.1, 0.15) is 18.3 Å². The Hall–Kier alpha value is -2.16. The Bertz CT molecular complexity index is 1130. The molecule has 4 rings (SSSR count). The fourth-order valence-corrected chi connectivity index (χ4v) is 4.03. The van der Waals surface area contributed by atoms with Crippen molar-refractivity contribution in [2.24, 2.45) is 0 Å². The molecule has 4 heterocycles. The first-order valence-electron chi connectivity index (χ1n) is 8.68. The summed E-state index contributed by atoms with van der Waals surface area (Å²) in [6.07, 6.45) is -4.15. The number of H-pyrrole nitrogens is 1. The Labute approximate surface area is 172 Å². The number of hydrogen-bond donors (Lipinski definition) is 6. The van der Waals surface area contributed by atoms with Gasteiger partial charge in [-0.25, -0.2) is 9.55 Å². The van der Waals surface area contributed by atoms with Crippen molar-refractivity contribution in [1.82, 2.24) is 19.5 Å². The number of aromatic nitrogens is 4. The molecule has 0 aromatic carbocycles. The molecule has 3 aromatic rings. The van der Waals surface area contributed by atoms with Gasteiger partial charge in [-0.3, -0.25) is 18.9 Å². The second-order valence-electron chi connectivity index (χ2n) is 6.50. The van der Waals surface area contributed by atoms with Crippen LogP contribution >= 0.6 is 19.2 Å². The number of rotatable bonds is 7. The third-order valence-corrected chi connectivity index (χ3v) is 5.82. The van der Waals surface area contributed by atoms with Crippen LogP contribution < -0.4 is 10.9 Å². The summed E-state index contributed by atoms with van der Waals surface area (Å²) in [4.78, 5) is 41.9. The van der Waals surface area contributed by atoms with Gasteiger partial charge in [-0.1, -0.05) is 6.07 Å². The lowest BCUT2D eigenvalue weighted by molar-refractivity contribution is -0.0503. The molecular formula is C15H18N5O8PS. The summed E-state index contributed by atoms with van der Waals surface area (Å²) in [6, 6.07) is 3.81. The van der Waals surface area contributed by atoms with E-state index in [1.165, 1.54) is 22.2 Å². The zero-order valence-electron chi connectivity index (χ0n) is 15.2. The number of nitrogens with one attached hydrogen (secondary N) is 2. The third-order valence-electron chi connectivity index (χ3n) is 4.46. The lowest BCUT2D eigenvalue weighted by Gasteiger charge is -2.16. The van der Waals surface area contributed by atoms with Crippen molar-refractivity contribution < 1.29 is 33.8 Å². The van der Waals surface area contributed by atoms with Crippen molar-refractivity contribution in [3.8, 4) is 0 Å². The first kappa shape index (κ1) is 21.1. The van der Waals surface area contributed by atoms with Crippen LogP contribution in [0, 0.1) is 0 Å². The number of ether oxygens (including phenoxy) is 1. The number of aliphatic hydroxyl groups excluding tert-OH is 2. The molecule has 0 aliphatic carbocycles. The predicted octanol–water partition coefficient (Wildman–Crippen LogP) is -0.478. The zero-order valence-corrected chi connectivity index (χ0v) is 16.9. The molecule has 1 aliphatic heterocycles. The average Bonchev–Trinajstić information content (AvgIpc) is 3.40. The second-order valence-corrected chi connectivity index (χ2v) is 8.78. The normalized spacial score (nSPS) is 24.5. The van der Waals surface area contributed by atoms with Gasteiger partial charge >= 0.3 is 7.82 Å². The molecule has 30 heavy (non-hydrogen) atoms. The molecule has 0 saturated carbocycles. The predicted molar refractivity (Wildman–Crippen MR) is 104 cm³/mol. The smallest absolute Gasteiger partial charge is 0.387 e. The lowest BCUT2D eigenvalue weighted by atomic mass is 10.1. The fourth-order valence-electron chi connectivity index (χ4n) is 3.05. The average molecular weight is 459 g/mol. The van der Waals surface area contributed by atoms with Crippen LogP contribution in [-0.2, 0) is 20.4 Å². The van der Waals surface area contributed by atoms with Gasteiger partial charge in [0.05, 0.1) is 19.5 Å². The number of nitrogens with zero attached hydrogens (tertiary/aromatic N) is 3. The molecule has 15 heteroatoms. The van der Waals surface area contributed by atoms with E-state index >= 15 is 0 Å². The van der Waals surface area contributed by atoms with Crippen LogP contribution in [0.4, 0.5) is 5.95 Å². The van der Waals surface area contributed by atoms with Crippen molar-refractivity contribution in [2.45, 2.75) is 31.1 Å². The van der Waals surface area contributed by atoms with E-state index in [0.29, 0.717) is 6.54 Å². The van der Waals surface area contributed by atoms with E-state index in [1.54, 1.807) is 0 Å². The molecule has 1 fully saturated rings. The van der Waals surface area contributed by atoms with Crippen molar-refractivity contribution >= 4 is 36.3 Å². The Balaban J connectivity index is 1.59. The highest BCUT2D eigenvalue weighted by Gasteiger charge is 2.45. The number of aromatic amines is 1. The molecule has 4 atom stereocenters. The molecule has 0 amide bonds. The standard InChI is InChI=1S/C15H18N5O8PS/c21-10-8(5-27-29(24,25)26)28-14(11(10)22)20-6-17-9-12(20)18-15(19-13(9)23)16-4-7-2-1-3-30-7/h1-3,6,8,10-11,14,21-22H,4-5H2,(H2,24,25,26)(H2,16,18,19,23)/t8-,10-,11-,14-/m1/s1. The number of anilines is 1. The number of hydrogen-bond acceptors (Lipinski definition) is 10. The number of imidazole rings is 1. The lowest BCUT2D eigenvalue weighted by Crippen LogP contribution is -2.33. The summed E-state index contributed by atoms with van der Waals surface area (Å²) >= 11 is 1.53. The Morgan fingerprint density at radius 3 is 2.87 bits per heavy atom. The van der Waals surface area contributed by atoms with Gasteiger partial charge in [-0.2, -0.15) is 4.98 Å². The zero-order chi connectivity index (χ0) is 21.5. The van der Waals surface area contributed by atoms with Crippen LogP contribution in [0.15, 0.2) is 28.6 Å². The quantitative estimate of drug-likeness (QED) is 0.250. The molecule has 6 N–H and O–H groups in total.